The summed E-state index contributed by atoms with van der Waals surface area (Å²) in [5.74, 6) is 0.675. The zero-order chi connectivity index (χ0) is 15.3. The van der Waals surface area contributed by atoms with Gasteiger partial charge in [0.15, 0.2) is 0 Å². The molecule has 120 valence electrons. The summed E-state index contributed by atoms with van der Waals surface area (Å²) >= 11 is 0. The van der Waals surface area contributed by atoms with Crippen LogP contribution in [0.2, 0.25) is 0 Å². The topological polar surface area (TPSA) is 75.8 Å². The van der Waals surface area contributed by atoms with E-state index >= 15 is 0 Å². The molecule has 21 heavy (non-hydrogen) atoms. The second-order valence-electron chi connectivity index (χ2n) is 7.55. The number of nitrogens with zero attached hydrogens (tertiary/aromatic N) is 1. The molecule has 1 aliphatic carbocycles. The highest BCUT2D eigenvalue weighted by Crippen LogP contribution is 2.58. The van der Waals surface area contributed by atoms with Crippen LogP contribution in [-0.4, -0.2) is 53.9 Å². The van der Waals surface area contributed by atoms with Crippen molar-refractivity contribution in [1.82, 2.24) is 4.90 Å². The average molecular weight is 296 g/mol. The van der Waals surface area contributed by atoms with Crippen molar-refractivity contribution in [1.29, 1.82) is 0 Å². The fraction of sp³-hybridized carbons (Fsp3) is 0.938. The maximum absolute atomic E-state index is 13.1. The first-order chi connectivity index (χ1) is 9.92. The lowest BCUT2D eigenvalue weighted by molar-refractivity contribution is -0.229. The summed E-state index contributed by atoms with van der Waals surface area (Å²) in [6, 6.07) is 0. The van der Waals surface area contributed by atoms with Crippen LogP contribution >= 0.6 is 0 Å². The van der Waals surface area contributed by atoms with E-state index in [2.05, 4.69) is 13.8 Å². The molecule has 3 fully saturated rings. The maximum atomic E-state index is 13.1. The van der Waals surface area contributed by atoms with Gasteiger partial charge < -0.3 is 20.5 Å². The van der Waals surface area contributed by atoms with Crippen LogP contribution in [0, 0.1) is 17.3 Å². The predicted molar refractivity (Wildman–Crippen MR) is 79.6 cm³/mol. The van der Waals surface area contributed by atoms with E-state index in [0.717, 1.165) is 45.4 Å². The van der Waals surface area contributed by atoms with E-state index in [1.807, 2.05) is 4.90 Å². The van der Waals surface area contributed by atoms with E-state index in [1.54, 1.807) is 0 Å². The van der Waals surface area contributed by atoms with Crippen molar-refractivity contribution in [3.05, 3.63) is 0 Å². The Morgan fingerprint density at radius 3 is 2.90 bits per heavy atom. The average Bonchev–Trinajstić information content (AvgIpc) is 2.94. The molecule has 3 rings (SSSR count). The summed E-state index contributed by atoms with van der Waals surface area (Å²) < 4.78 is 5.88. The molecule has 4 unspecified atom stereocenters. The molecule has 3 aliphatic rings. The lowest BCUT2D eigenvalue weighted by atomic mass is 9.46. The van der Waals surface area contributed by atoms with Gasteiger partial charge in [-0.2, -0.15) is 0 Å². The smallest absolute Gasteiger partial charge is 0.243 e. The van der Waals surface area contributed by atoms with Crippen molar-refractivity contribution in [2.45, 2.75) is 51.2 Å². The number of hydrogen-bond acceptors (Lipinski definition) is 4. The highest BCUT2D eigenvalue weighted by molar-refractivity contribution is 5.89. The van der Waals surface area contributed by atoms with E-state index in [1.165, 1.54) is 0 Å². The number of ether oxygens (including phenoxy) is 1. The molecule has 0 aromatic rings. The van der Waals surface area contributed by atoms with Gasteiger partial charge in [0.2, 0.25) is 5.91 Å². The lowest BCUT2D eigenvalue weighted by Crippen LogP contribution is -2.82. The van der Waals surface area contributed by atoms with Crippen LogP contribution in [0.3, 0.4) is 0 Å². The van der Waals surface area contributed by atoms with Crippen molar-refractivity contribution in [2.24, 2.45) is 23.0 Å². The highest BCUT2D eigenvalue weighted by Gasteiger charge is 2.71. The molecule has 0 aromatic carbocycles. The Bertz CT molecular complexity index is 426. The first-order valence-corrected chi connectivity index (χ1v) is 8.23. The van der Waals surface area contributed by atoms with E-state index in [0.29, 0.717) is 5.92 Å². The largest absolute Gasteiger partial charge is 0.396 e. The number of fused-ring (bicyclic) bond motifs is 1. The molecular weight excluding hydrogens is 268 g/mol. The van der Waals surface area contributed by atoms with Crippen LogP contribution in [0.25, 0.3) is 0 Å². The minimum atomic E-state index is -0.786. The van der Waals surface area contributed by atoms with Gasteiger partial charge in [-0.1, -0.05) is 13.8 Å². The van der Waals surface area contributed by atoms with Crippen LogP contribution in [0.5, 0.6) is 0 Å². The Morgan fingerprint density at radius 1 is 1.43 bits per heavy atom. The second kappa shape index (κ2) is 5.21. The van der Waals surface area contributed by atoms with E-state index < -0.39 is 5.54 Å². The fourth-order valence-electron chi connectivity index (χ4n) is 4.71. The third-order valence-electron chi connectivity index (χ3n) is 6.15. The Balaban J connectivity index is 1.74. The Morgan fingerprint density at radius 2 is 2.19 bits per heavy atom. The molecule has 5 nitrogen and oxygen atoms in total. The monoisotopic (exact) mass is 296 g/mol. The van der Waals surface area contributed by atoms with Gasteiger partial charge >= 0.3 is 0 Å². The number of aliphatic hydroxyl groups excluding tert-OH is 1. The number of amides is 1. The maximum Gasteiger partial charge on any atom is 0.243 e. The molecule has 2 aliphatic heterocycles. The van der Waals surface area contributed by atoms with E-state index in [-0.39, 0.29) is 30.0 Å². The number of hydrogen-bond donors (Lipinski definition) is 2. The van der Waals surface area contributed by atoms with Crippen molar-refractivity contribution in [3.8, 4) is 0 Å². The van der Waals surface area contributed by atoms with Gasteiger partial charge in [-0.3, -0.25) is 4.79 Å². The molecular formula is C16H28N2O3. The number of carbonyl (C=O) groups excluding carboxylic acids is 1. The van der Waals surface area contributed by atoms with E-state index in [9.17, 15) is 4.79 Å². The number of rotatable bonds is 3. The molecule has 2 saturated heterocycles. The first kappa shape index (κ1) is 15.3. The molecule has 2 heterocycles. The molecule has 5 heteroatoms. The van der Waals surface area contributed by atoms with Gasteiger partial charge in [0.05, 0.1) is 6.10 Å². The van der Waals surface area contributed by atoms with Crippen molar-refractivity contribution >= 4 is 5.91 Å². The number of carbonyl (C=O) groups is 1. The summed E-state index contributed by atoms with van der Waals surface area (Å²) in [5.41, 5.74) is 5.57. The fourth-order valence-corrected chi connectivity index (χ4v) is 4.71. The van der Waals surface area contributed by atoms with Crippen molar-refractivity contribution in [3.63, 3.8) is 0 Å². The van der Waals surface area contributed by atoms with Gasteiger partial charge in [-0.05, 0) is 31.6 Å². The normalized spacial score (nSPS) is 41.5. The summed E-state index contributed by atoms with van der Waals surface area (Å²) in [5, 5.41) is 9.06. The predicted octanol–water partition coefficient (Wildman–Crippen LogP) is 0.750. The first-order valence-electron chi connectivity index (χ1n) is 8.23. The Labute approximate surface area is 126 Å². The Hall–Kier alpha value is -0.650. The summed E-state index contributed by atoms with van der Waals surface area (Å²) in [4.78, 5) is 15.0. The molecule has 0 spiro atoms. The Kier molecular flexibility index (Phi) is 3.79. The quantitative estimate of drug-likeness (QED) is 0.806. The zero-order valence-electron chi connectivity index (χ0n) is 13.2. The summed E-state index contributed by atoms with van der Waals surface area (Å²) in [7, 11) is 0. The van der Waals surface area contributed by atoms with Crippen LogP contribution in [0.15, 0.2) is 0 Å². The van der Waals surface area contributed by atoms with Gasteiger partial charge in [-0.15, -0.1) is 0 Å². The van der Waals surface area contributed by atoms with Crippen LogP contribution < -0.4 is 5.73 Å². The molecule has 4 atom stereocenters. The molecule has 3 N–H and O–H groups in total. The van der Waals surface area contributed by atoms with Gasteiger partial charge in [-0.25, -0.2) is 0 Å². The molecule has 1 saturated carbocycles. The van der Waals surface area contributed by atoms with Gasteiger partial charge in [0.1, 0.15) is 5.54 Å². The van der Waals surface area contributed by atoms with Crippen LogP contribution in [0.4, 0.5) is 0 Å². The number of aliphatic hydroxyl groups is 1. The lowest BCUT2D eigenvalue weighted by Gasteiger charge is -2.65. The minimum Gasteiger partial charge on any atom is -0.396 e. The molecule has 0 bridgehead atoms. The highest BCUT2D eigenvalue weighted by atomic mass is 16.5. The molecule has 1 amide bonds. The molecule has 0 aromatic heterocycles. The van der Waals surface area contributed by atoms with E-state index in [4.69, 9.17) is 15.6 Å². The zero-order valence-corrected chi connectivity index (χ0v) is 13.2. The van der Waals surface area contributed by atoms with Crippen LogP contribution in [-0.2, 0) is 9.53 Å². The number of likely N-dealkylation sites (tertiary alicyclic amines) is 1. The molecule has 0 radical (unpaired) electrons. The summed E-state index contributed by atoms with van der Waals surface area (Å²) in [6.45, 7) is 6.64. The number of nitrogens with two attached hydrogens (primary N) is 1. The second-order valence-corrected chi connectivity index (χ2v) is 7.55. The third kappa shape index (κ3) is 2.05. The third-order valence-corrected chi connectivity index (χ3v) is 6.15. The summed E-state index contributed by atoms with van der Waals surface area (Å²) in [6.07, 6.45) is 3.87. The SMILES string of the molecule is CC1(C)C2OCCCC2C1(N)C(=O)N1CCC(CCO)C1. The minimum absolute atomic E-state index is 0.0969. The van der Waals surface area contributed by atoms with Gasteiger partial charge in [0.25, 0.3) is 0 Å². The van der Waals surface area contributed by atoms with Crippen molar-refractivity contribution < 1.29 is 14.6 Å². The standard InChI is InChI=1S/C16H28N2O3/c1-15(2)13-12(4-3-9-21-13)16(15,17)14(20)18-7-5-11(10-18)6-8-19/h11-13,19H,3-10,17H2,1-2H3. The van der Waals surface area contributed by atoms with Crippen molar-refractivity contribution in [2.75, 3.05) is 26.3 Å². The van der Waals surface area contributed by atoms with Crippen LogP contribution in [0.1, 0.15) is 39.5 Å². The van der Waals surface area contributed by atoms with Gasteiger partial charge in [0, 0.05) is 37.6 Å².